The second kappa shape index (κ2) is 7.88. The molecule has 29 heavy (non-hydrogen) atoms. The number of hydrogen-bond acceptors (Lipinski definition) is 4. The standard InChI is InChI=1S/C21H17Cl3N4S/c22-14-2-4-15(5-3-14)27-10-19-20(28(12-25-19)16-6-7-16)26-21(27)29-11-13-1-8-17(23)18(24)9-13/h1-5,8-9,12,16H,6-7,10-11H2. The predicted octanol–water partition coefficient (Wildman–Crippen LogP) is 7.12. The van der Waals surface area contributed by atoms with E-state index in [1.807, 2.05) is 48.8 Å². The fraction of sp³-hybridized carbons (Fsp3) is 0.238. The lowest BCUT2D eigenvalue weighted by Gasteiger charge is -2.28. The molecule has 2 heterocycles. The smallest absolute Gasteiger partial charge is 0.171 e. The number of imidazole rings is 1. The number of aliphatic imine (C=N–C) groups is 1. The van der Waals surface area contributed by atoms with Crippen molar-refractivity contribution in [2.45, 2.75) is 31.2 Å². The van der Waals surface area contributed by atoms with Gasteiger partial charge in [-0.15, -0.1) is 0 Å². The van der Waals surface area contributed by atoms with E-state index in [0.29, 0.717) is 27.7 Å². The molecule has 1 aliphatic carbocycles. The van der Waals surface area contributed by atoms with E-state index in [1.165, 1.54) is 12.8 Å². The molecule has 0 bridgehead atoms. The molecule has 1 aliphatic heterocycles. The normalized spacial score (nSPS) is 16.0. The molecule has 1 fully saturated rings. The summed E-state index contributed by atoms with van der Waals surface area (Å²) in [5.74, 6) is 1.72. The fourth-order valence-corrected chi connectivity index (χ4v) is 4.72. The van der Waals surface area contributed by atoms with Crippen LogP contribution in [0.3, 0.4) is 0 Å². The van der Waals surface area contributed by atoms with Crippen molar-refractivity contribution < 1.29 is 0 Å². The van der Waals surface area contributed by atoms with Crippen molar-refractivity contribution in [3.8, 4) is 0 Å². The van der Waals surface area contributed by atoms with E-state index >= 15 is 0 Å². The monoisotopic (exact) mass is 462 g/mol. The Kier molecular flexibility index (Phi) is 5.25. The summed E-state index contributed by atoms with van der Waals surface area (Å²) in [6.45, 7) is 0.684. The first-order valence-corrected chi connectivity index (χ1v) is 11.4. The highest BCUT2D eigenvalue weighted by Crippen LogP contribution is 2.42. The lowest BCUT2D eigenvalue weighted by Crippen LogP contribution is -2.31. The van der Waals surface area contributed by atoms with Crippen molar-refractivity contribution in [2.24, 2.45) is 4.99 Å². The maximum atomic E-state index is 6.18. The zero-order valence-corrected chi connectivity index (χ0v) is 18.4. The van der Waals surface area contributed by atoms with Crippen LogP contribution in [0.25, 0.3) is 0 Å². The van der Waals surface area contributed by atoms with Crippen LogP contribution in [0.1, 0.15) is 30.1 Å². The van der Waals surface area contributed by atoms with Gasteiger partial charge in [-0.2, -0.15) is 0 Å². The van der Waals surface area contributed by atoms with Crippen LogP contribution < -0.4 is 4.90 Å². The number of hydrogen-bond donors (Lipinski definition) is 0. The number of amidine groups is 1. The van der Waals surface area contributed by atoms with E-state index in [-0.39, 0.29) is 0 Å². The molecule has 2 aliphatic rings. The van der Waals surface area contributed by atoms with E-state index in [4.69, 9.17) is 39.8 Å². The summed E-state index contributed by atoms with van der Waals surface area (Å²) in [6, 6.07) is 14.1. The van der Waals surface area contributed by atoms with Gasteiger partial charge in [0.25, 0.3) is 0 Å². The maximum absolute atomic E-state index is 6.18. The molecule has 0 radical (unpaired) electrons. The molecule has 1 aromatic heterocycles. The SMILES string of the molecule is Clc1ccc(N2Cc3ncn(C4CC4)c3N=C2SCc2ccc(Cl)c(Cl)c2)cc1. The Morgan fingerprint density at radius 2 is 1.79 bits per heavy atom. The number of aromatic nitrogens is 2. The quantitative estimate of drug-likeness (QED) is 0.413. The van der Waals surface area contributed by atoms with Crippen molar-refractivity contribution in [3.05, 3.63) is 75.1 Å². The highest BCUT2D eigenvalue weighted by Gasteiger charge is 2.31. The molecule has 148 valence electrons. The van der Waals surface area contributed by atoms with Gasteiger partial charge in [0.2, 0.25) is 0 Å². The summed E-state index contributed by atoms with van der Waals surface area (Å²) in [7, 11) is 0. The fourth-order valence-electron chi connectivity index (χ4n) is 3.33. The Bertz CT molecular complexity index is 1090. The summed E-state index contributed by atoms with van der Waals surface area (Å²) in [4.78, 5) is 11.8. The van der Waals surface area contributed by atoms with E-state index in [9.17, 15) is 0 Å². The molecule has 2 aromatic carbocycles. The molecule has 0 amide bonds. The van der Waals surface area contributed by atoms with E-state index in [0.717, 1.165) is 33.7 Å². The summed E-state index contributed by atoms with van der Waals surface area (Å²) in [6.07, 6.45) is 4.33. The number of benzene rings is 2. The van der Waals surface area contributed by atoms with Gasteiger partial charge in [-0.1, -0.05) is 52.6 Å². The van der Waals surface area contributed by atoms with Gasteiger partial charge in [-0.25, -0.2) is 9.98 Å². The second-order valence-electron chi connectivity index (χ2n) is 7.15. The molecule has 8 heteroatoms. The van der Waals surface area contributed by atoms with Gasteiger partial charge >= 0.3 is 0 Å². The minimum absolute atomic E-state index is 0.540. The van der Waals surface area contributed by atoms with Gasteiger partial charge in [0.15, 0.2) is 11.0 Å². The molecule has 1 saturated carbocycles. The van der Waals surface area contributed by atoms with Crippen molar-refractivity contribution in [1.29, 1.82) is 0 Å². The average molecular weight is 464 g/mol. The van der Waals surface area contributed by atoms with Crippen LogP contribution >= 0.6 is 46.6 Å². The highest BCUT2D eigenvalue weighted by atomic mass is 35.5. The van der Waals surface area contributed by atoms with E-state index < -0.39 is 0 Å². The van der Waals surface area contributed by atoms with Gasteiger partial charge in [0.1, 0.15) is 5.69 Å². The third-order valence-corrected chi connectivity index (χ3v) is 7.05. The predicted molar refractivity (Wildman–Crippen MR) is 123 cm³/mol. The zero-order chi connectivity index (χ0) is 20.0. The molecule has 0 spiro atoms. The van der Waals surface area contributed by atoms with Crippen molar-refractivity contribution >= 4 is 63.2 Å². The summed E-state index contributed by atoms with van der Waals surface area (Å²) in [5, 5.41) is 2.79. The number of thioether (sulfide) groups is 1. The Labute approximate surface area is 188 Å². The Morgan fingerprint density at radius 3 is 2.52 bits per heavy atom. The third kappa shape index (κ3) is 4.02. The molecule has 3 aromatic rings. The molecule has 0 saturated heterocycles. The molecular weight excluding hydrogens is 447 g/mol. The summed E-state index contributed by atoms with van der Waals surface area (Å²) >= 11 is 20.0. The molecule has 5 rings (SSSR count). The van der Waals surface area contributed by atoms with Crippen molar-refractivity contribution in [1.82, 2.24) is 9.55 Å². The number of nitrogens with zero attached hydrogens (tertiary/aromatic N) is 4. The minimum Gasteiger partial charge on any atom is -0.315 e. The Hall–Kier alpha value is -1.66. The van der Waals surface area contributed by atoms with Gasteiger partial charge in [-0.3, -0.25) is 0 Å². The molecule has 4 nitrogen and oxygen atoms in total. The summed E-state index contributed by atoms with van der Waals surface area (Å²) in [5.41, 5.74) is 3.15. The Morgan fingerprint density at radius 1 is 1.00 bits per heavy atom. The van der Waals surface area contributed by atoms with Gasteiger partial charge in [-0.05, 0) is 54.8 Å². The number of fused-ring (bicyclic) bond motifs is 1. The van der Waals surface area contributed by atoms with Crippen molar-refractivity contribution in [2.75, 3.05) is 4.90 Å². The Balaban J connectivity index is 1.47. The summed E-state index contributed by atoms with van der Waals surface area (Å²) < 4.78 is 2.22. The largest absolute Gasteiger partial charge is 0.315 e. The maximum Gasteiger partial charge on any atom is 0.171 e. The van der Waals surface area contributed by atoms with Crippen LogP contribution in [0.2, 0.25) is 15.1 Å². The van der Waals surface area contributed by atoms with Crippen LogP contribution in [0.4, 0.5) is 11.5 Å². The second-order valence-corrected chi connectivity index (χ2v) is 9.34. The number of halogens is 3. The lowest BCUT2D eigenvalue weighted by molar-refractivity contribution is 0.741. The first kappa shape index (κ1) is 19.3. The van der Waals surface area contributed by atoms with Crippen LogP contribution in [0.5, 0.6) is 0 Å². The molecule has 0 unspecified atom stereocenters. The minimum atomic E-state index is 0.540. The van der Waals surface area contributed by atoms with E-state index in [2.05, 4.69) is 14.5 Å². The van der Waals surface area contributed by atoms with Crippen LogP contribution in [-0.2, 0) is 12.3 Å². The van der Waals surface area contributed by atoms with Crippen LogP contribution in [0, 0.1) is 0 Å². The third-order valence-electron chi connectivity index (χ3n) is 5.01. The lowest BCUT2D eigenvalue weighted by atomic mass is 10.2. The van der Waals surface area contributed by atoms with E-state index in [1.54, 1.807) is 11.8 Å². The topological polar surface area (TPSA) is 33.4 Å². The van der Waals surface area contributed by atoms with Crippen LogP contribution in [-0.4, -0.2) is 14.7 Å². The zero-order valence-electron chi connectivity index (χ0n) is 15.4. The molecular formula is C21H17Cl3N4S. The first-order valence-electron chi connectivity index (χ1n) is 9.33. The average Bonchev–Trinajstić information content (AvgIpc) is 3.48. The number of anilines is 1. The van der Waals surface area contributed by atoms with Gasteiger partial charge in [0, 0.05) is 22.5 Å². The highest BCUT2D eigenvalue weighted by molar-refractivity contribution is 8.13. The van der Waals surface area contributed by atoms with Gasteiger partial charge in [0.05, 0.1) is 22.9 Å². The molecule has 0 atom stereocenters. The van der Waals surface area contributed by atoms with Crippen LogP contribution in [0.15, 0.2) is 53.8 Å². The van der Waals surface area contributed by atoms with Gasteiger partial charge < -0.3 is 9.47 Å². The van der Waals surface area contributed by atoms with Crippen molar-refractivity contribution in [3.63, 3.8) is 0 Å². The molecule has 0 N–H and O–H groups in total. The number of rotatable bonds is 4. The first-order chi connectivity index (χ1) is 14.1.